The average molecular weight is 476 g/mol. The standard InChI is InChI=1S/C21H23F3O7S/c1-27-13-31-16(10-29-15-5-3-14(4-6-15)21(22,23)24)12-32-17-7-8-18(19(9-17)28-2)30-11-20(25)26/h3-9,16H,10-13H2,1-2H3,(H,25,26). The van der Waals surface area contributed by atoms with E-state index in [1.165, 1.54) is 38.1 Å². The first-order chi connectivity index (χ1) is 15.2. The molecule has 0 aliphatic rings. The fraction of sp³-hybridized carbons (Fsp3) is 0.381. The number of aliphatic carboxylic acids is 1. The summed E-state index contributed by atoms with van der Waals surface area (Å²) >= 11 is 1.42. The van der Waals surface area contributed by atoms with Crippen LogP contribution in [0.25, 0.3) is 0 Å². The van der Waals surface area contributed by atoms with Crippen LogP contribution in [0.2, 0.25) is 0 Å². The maximum atomic E-state index is 12.7. The molecule has 0 saturated heterocycles. The molecule has 0 spiro atoms. The van der Waals surface area contributed by atoms with Gasteiger partial charge in [0.25, 0.3) is 0 Å². The number of carbonyl (C=O) groups is 1. The van der Waals surface area contributed by atoms with Gasteiger partial charge in [0.1, 0.15) is 25.3 Å². The lowest BCUT2D eigenvalue weighted by molar-refractivity contribution is -0.139. The lowest BCUT2D eigenvalue weighted by Crippen LogP contribution is -2.25. The van der Waals surface area contributed by atoms with E-state index in [4.69, 9.17) is 28.8 Å². The molecule has 1 N–H and O–H groups in total. The van der Waals surface area contributed by atoms with Crippen molar-refractivity contribution in [2.24, 2.45) is 0 Å². The highest BCUT2D eigenvalue weighted by atomic mass is 32.2. The van der Waals surface area contributed by atoms with E-state index >= 15 is 0 Å². The predicted molar refractivity (Wildman–Crippen MR) is 111 cm³/mol. The maximum Gasteiger partial charge on any atom is 0.416 e. The third-order valence-corrected chi connectivity index (χ3v) is 5.09. The van der Waals surface area contributed by atoms with Gasteiger partial charge in [-0.05, 0) is 42.5 Å². The molecule has 0 saturated carbocycles. The zero-order chi connectivity index (χ0) is 23.6. The van der Waals surface area contributed by atoms with Crippen LogP contribution in [0.4, 0.5) is 13.2 Å². The molecule has 11 heteroatoms. The van der Waals surface area contributed by atoms with Crippen LogP contribution >= 0.6 is 11.8 Å². The number of thioether (sulfide) groups is 1. The van der Waals surface area contributed by atoms with Gasteiger partial charge in [-0.2, -0.15) is 13.2 Å². The van der Waals surface area contributed by atoms with Crippen molar-refractivity contribution in [3.05, 3.63) is 48.0 Å². The summed E-state index contributed by atoms with van der Waals surface area (Å²) in [5, 5.41) is 8.74. The molecule has 2 aromatic carbocycles. The van der Waals surface area contributed by atoms with Gasteiger partial charge in [0.2, 0.25) is 0 Å². The monoisotopic (exact) mass is 476 g/mol. The molecule has 0 heterocycles. The molecule has 0 aromatic heterocycles. The van der Waals surface area contributed by atoms with E-state index in [1.807, 2.05) is 0 Å². The summed E-state index contributed by atoms with van der Waals surface area (Å²) in [6, 6.07) is 9.47. The molecule has 0 bridgehead atoms. The Labute approximate surface area is 187 Å². The molecule has 1 unspecified atom stereocenters. The molecular weight excluding hydrogens is 453 g/mol. The van der Waals surface area contributed by atoms with Crippen LogP contribution in [0.3, 0.4) is 0 Å². The van der Waals surface area contributed by atoms with Crippen molar-refractivity contribution in [2.75, 3.05) is 40.0 Å². The van der Waals surface area contributed by atoms with E-state index in [2.05, 4.69) is 0 Å². The lowest BCUT2D eigenvalue weighted by atomic mass is 10.2. The second-order valence-electron chi connectivity index (χ2n) is 6.33. The van der Waals surface area contributed by atoms with Gasteiger partial charge in [-0.1, -0.05) is 0 Å². The minimum absolute atomic E-state index is 0.0207. The Balaban J connectivity index is 1.96. The minimum Gasteiger partial charge on any atom is -0.493 e. The van der Waals surface area contributed by atoms with Crippen molar-refractivity contribution in [1.82, 2.24) is 0 Å². The van der Waals surface area contributed by atoms with Crippen LogP contribution in [0.15, 0.2) is 47.4 Å². The molecule has 2 rings (SSSR count). The molecule has 0 aliphatic heterocycles. The molecule has 2 aromatic rings. The molecule has 0 radical (unpaired) electrons. The van der Waals surface area contributed by atoms with Crippen molar-refractivity contribution in [3.63, 3.8) is 0 Å². The minimum atomic E-state index is -4.41. The number of ether oxygens (including phenoxy) is 5. The van der Waals surface area contributed by atoms with Gasteiger partial charge in [-0.3, -0.25) is 0 Å². The van der Waals surface area contributed by atoms with E-state index in [9.17, 15) is 18.0 Å². The Hall–Kier alpha value is -2.63. The Morgan fingerprint density at radius 2 is 1.78 bits per heavy atom. The smallest absolute Gasteiger partial charge is 0.416 e. The second kappa shape index (κ2) is 12.4. The third-order valence-electron chi connectivity index (χ3n) is 3.96. The number of benzene rings is 2. The molecular formula is C21H23F3O7S. The largest absolute Gasteiger partial charge is 0.493 e. The molecule has 7 nitrogen and oxygen atoms in total. The summed E-state index contributed by atoms with van der Waals surface area (Å²) in [5.41, 5.74) is -0.752. The first-order valence-corrected chi connectivity index (χ1v) is 10.3. The van der Waals surface area contributed by atoms with Gasteiger partial charge in [0.15, 0.2) is 18.1 Å². The molecule has 176 valence electrons. The van der Waals surface area contributed by atoms with E-state index < -0.39 is 30.4 Å². The molecule has 0 aliphatic carbocycles. The Kier molecular flexibility index (Phi) is 9.95. The second-order valence-corrected chi connectivity index (χ2v) is 7.43. The molecule has 1 atom stereocenters. The van der Waals surface area contributed by atoms with Crippen molar-refractivity contribution >= 4 is 17.7 Å². The molecule has 32 heavy (non-hydrogen) atoms. The Bertz CT molecular complexity index is 859. The summed E-state index contributed by atoms with van der Waals surface area (Å²) < 4.78 is 64.5. The highest BCUT2D eigenvalue weighted by Gasteiger charge is 2.30. The number of carboxylic acids is 1. The predicted octanol–water partition coefficient (Wildman–Crippen LogP) is 4.34. The van der Waals surface area contributed by atoms with Gasteiger partial charge in [0.05, 0.1) is 12.7 Å². The summed E-state index contributed by atoms with van der Waals surface area (Å²) in [6.07, 6.45) is -4.83. The zero-order valence-corrected chi connectivity index (χ0v) is 18.2. The van der Waals surface area contributed by atoms with Crippen LogP contribution in [0.1, 0.15) is 5.56 Å². The van der Waals surface area contributed by atoms with E-state index in [0.717, 1.165) is 17.0 Å². The van der Waals surface area contributed by atoms with Crippen LogP contribution in [0.5, 0.6) is 17.2 Å². The maximum absolute atomic E-state index is 12.7. The fourth-order valence-electron chi connectivity index (χ4n) is 2.42. The summed E-state index contributed by atoms with van der Waals surface area (Å²) in [7, 11) is 2.92. The topological polar surface area (TPSA) is 83.5 Å². The van der Waals surface area contributed by atoms with Gasteiger partial charge in [-0.25, -0.2) is 4.79 Å². The lowest BCUT2D eigenvalue weighted by Gasteiger charge is -2.18. The summed E-state index contributed by atoms with van der Waals surface area (Å²) in [4.78, 5) is 11.5. The SMILES string of the molecule is COCOC(COc1ccc(C(F)(F)F)cc1)CSc1ccc(OCC(=O)O)c(OC)c1. The highest BCUT2D eigenvalue weighted by molar-refractivity contribution is 7.99. The van der Waals surface area contributed by atoms with Gasteiger partial charge >= 0.3 is 12.1 Å². The third kappa shape index (κ3) is 8.48. The summed E-state index contributed by atoms with van der Waals surface area (Å²) in [5.74, 6) is 0.318. The van der Waals surface area contributed by atoms with Crippen LogP contribution in [0, 0.1) is 0 Å². The van der Waals surface area contributed by atoms with E-state index in [1.54, 1.807) is 18.2 Å². The first-order valence-electron chi connectivity index (χ1n) is 9.29. The average Bonchev–Trinajstić information content (AvgIpc) is 2.77. The quantitative estimate of drug-likeness (QED) is 0.338. The first kappa shape index (κ1) is 25.6. The van der Waals surface area contributed by atoms with Crippen molar-refractivity contribution in [3.8, 4) is 17.2 Å². The number of halogens is 3. The number of alkyl halides is 3. The summed E-state index contributed by atoms with van der Waals surface area (Å²) in [6.45, 7) is -0.372. The van der Waals surface area contributed by atoms with Crippen LogP contribution in [-0.4, -0.2) is 57.2 Å². The van der Waals surface area contributed by atoms with Gasteiger partial charge in [0, 0.05) is 17.8 Å². The fourth-order valence-corrected chi connectivity index (χ4v) is 3.35. The van der Waals surface area contributed by atoms with Crippen LogP contribution < -0.4 is 14.2 Å². The number of carboxylic acid groups (broad SMARTS) is 1. The molecule has 0 amide bonds. The van der Waals surface area contributed by atoms with Crippen molar-refractivity contribution in [2.45, 2.75) is 17.2 Å². The van der Waals surface area contributed by atoms with E-state index in [0.29, 0.717) is 17.3 Å². The Morgan fingerprint density at radius 1 is 1.06 bits per heavy atom. The zero-order valence-electron chi connectivity index (χ0n) is 17.4. The van der Waals surface area contributed by atoms with Crippen LogP contribution in [-0.2, 0) is 20.4 Å². The van der Waals surface area contributed by atoms with Crippen molar-refractivity contribution in [1.29, 1.82) is 0 Å². The van der Waals surface area contributed by atoms with E-state index in [-0.39, 0.29) is 19.1 Å². The van der Waals surface area contributed by atoms with Gasteiger partial charge < -0.3 is 28.8 Å². The van der Waals surface area contributed by atoms with Gasteiger partial charge in [-0.15, -0.1) is 11.8 Å². The number of methoxy groups -OCH3 is 2. The number of hydrogen-bond acceptors (Lipinski definition) is 7. The van der Waals surface area contributed by atoms with Crippen molar-refractivity contribution < 1.29 is 46.8 Å². The Morgan fingerprint density at radius 3 is 2.38 bits per heavy atom. The normalized spacial score (nSPS) is 12.3. The molecule has 0 fully saturated rings. The highest BCUT2D eigenvalue weighted by Crippen LogP contribution is 2.33. The number of rotatable bonds is 13. The number of hydrogen-bond donors (Lipinski definition) is 1.